The Bertz CT molecular complexity index is 1380. The number of hydrogen-bond acceptors (Lipinski definition) is 4. The zero-order valence-corrected chi connectivity index (χ0v) is 19.8. The predicted molar refractivity (Wildman–Crippen MR) is 138 cm³/mol. The number of rotatable bonds is 7. The van der Waals surface area contributed by atoms with Gasteiger partial charge in [0.05, 0.1) is 17.7 Å². The molecule has 174 valence electrons. The summed E-state index contributed by atoms with van der Waals surface area (Å²) in [6.07, 6.45) is 1.27. The maximum absolute atomic E-state index is 11.4. The van der Waals surface area contributed by atoms with Crippen LogP contribution in [0.1, 0.15) is 41.0 Å². The van der Waals surface area contributed by atoms with Gasteiger partial charge in [0, 0.05) is 52.3 Å². The molecule has 0 bridgehead atoms. The fraction of sp³-hybridized carbons (Fsp3) is 0.214. The summed E-state index contributed by atoms with van der Waals surface area (Å²) in [5, 5.41) is 18.2. The Morgan fingerprint density at radius 3 is 2.32 bits per heavy atom. The van der Waals surface area contributed by atoms with Gasteiger partial charge in [-0.3, -0.25) is 0 Å². The van der Waals surface area contributed by atoms with Crippen molar-refractivity contribution in [2.45, 2.75) is 26.2 Å². The van der Waals surface area contributed by atoms with Gasteiger partial charge in [0.1, 0.15) is 0 Å². The molecule has 34 heavy (non-hydrogen) atoms. The first-order valence-corrected chi connectivity index (χ1v) is 11.1. The molecule has 0 atom stereocenters. The smallest absolute Gasteiger partial charge is 0.335 e. The highest BCUT2D eigenvalue weighted by molar-refractivity contribution is 6.05. The maximum Gasteiger partial charge on any atom is 0.335 e. The van der Waals surface area contributed by atoms with E-state index in [1.807, 2.05) is 24.3 Å². The monoisotopic (exact) mass is 455 g/mol. The van der Waals surface area contributed by atoms with E-state index in [0.717, 1.165) is 39.0 Å². The summed E-state index contributed by atoms with van der Waals surface area (Å²) in [6.45, 7) is 6.79. The molecule has 0 aliphatic carbocycles. The Kier molecular flexibility index (Phi) is 6.02. The van der Waals surface area contributed by atoms with E-state index in [-0.39, 0.29) is 5.56 Å². The molecule has 6 heteroatoms. The largest absolute Gasteiger partial charge is 0.478 e. The van der Waals surface area contributed by atoms with Gasteiger partial charge in [0.25, 0.3) is 0 Å². The number of ether oxygens (including phenoxy) is 1. The Morgan fingerprint density at radius 2 is 1.76 bits per heavy atom. The molecule has 3 aromatic carbocycles. The van der Waals surface area contributed by atoms with E-state index in [9.17, 15) is 9.90 Å². The van der Waals surface area contributed by atoms with Gasteiger partial charge < -0.3 is 25.6 Å². The highest BCUT2D eigenvalue weighted by Crippen LogP contribution is 2.44. The average Bonchev–Trinajstić information content (AvgIpc) is 3.13. The SMILES string of the molecule is COCC(C)(C)c1c(-c2ccc(C(=O)O)cc2)c2cc(N)c(C=N)cc2n1-c1ccc(C)cc1. The second-order valence-corrected chi connectivity index (χ2v) is 9.24. The molecule has 4 aromatic rings. The minimum Gasteiger partial charge on any atom is -0.478 e. The van der Waals surface area contributed by atoms with Crippen molar-refractivity contribution in [1.29, 1.82) is 5.41 Å². The number of nitrogen functional groups attached to an aromatic ring is 1. The van der Waals surface area contributed by atoms with Crippen molar-refractivity contribution in [3.05, 3.63) is 83.0 Å². The van der Waals surface area contributed by atoms with E-state index in [0.29, 0.717) is 17.9 Å². The number of nitrogens with zero attached hydrogens (tertiary/aromatic N) is 1. The van der Waals surface area contributed by atoms with Gasteiger partial charge >= 0.3 is 5.97 Å². The third-order valence-corrected chi connectivity index (χ3v) is 6.19. The van der Waals surface area contributed by atoms with Crippen LogP contribution in [0.2, 0.25) is 0 Å². The number of aromatic nitrogens is 1. The minimum atomic E-state index is -0.964. The summed E-state index contributed by atoms with van der Waals surface area (Å²) in [4.78, 5) is 11.4. The molecule has 0 radical (unpaired) electrons. The van der Waals surface area contributed by atoms with Gasteiger partial charge in [0.15, 0.2) is 0 Å². The van der Waals surface area contributed by atoms with Gasteiger partial charge in [-0.15, -0.1) is 0 Å². The molecule has 1 aromatic heterocycles. The third kappa shape index (κ3) is 3.97. The number of nitrogens with one attached hydrogen (secondary N) is 1. The van der Waals surface area contributed by atoms with Crippen molar-refractivity contribution in [3.8, 4) is 16.8 Å². The van der Waals surface area contributed by atoms with E-state index < -0.39 is 11.4 Å². The Morgan fingerprint density at radius 1 is 1.12 bits per heavy atom. The minimum absolute atomic E-state index is 0.231. The fourth-order valence-corrected chi connectivity index (χ4v) is 4.60. The van der Waals surface area contributed by atoms with Crippen LogP contribution in [0.25, 0.3) is 27.7 Å². The fourth-order valence-electron chi connectivity index (χ4n) is 4.60. The molecule has 0 saturated carbocycles. The molecule has 1 heterocycles. The van der Waals surface area contributed by atoms with Crippen LogP contribution in [0, 0.1) is 12.3 Å². The van der Waals surface area contributed by atoms with E-state index in [2.05, 4.69) is 49.6 Å². The lowest BCUT2D eigenvalue weighted by Gasteiger charge is -2.28. The molecular weight excluding hydrogens is 426 g/mol. The number of carbonyl (C=O) groups is 1. The highest BCUT2D eigenvalue weighted by Gasteiger charge is 2.32. The van der Waals surface area contributed by atoms with Crippen molar-refractivity contribution in [2.75, 3.05) is 19.5 Å². The molecule has 0 aliphatic heterocycles. The molecule has 0 saturated heterocycles. The van der Waals surface area contributed by atoms with Gasteiger partial charge in [-0.05, 0) is 48.9 Å². The zero-order chi connectivity index (χ0) is 24.6. The van der Waals surface area contributed by atoms with Crippen molar-refractivity contribution < 1.29 is 14.6 Å². The van der Waals surface area contributed by atoms with Gasteiger partial charge in [-0.25, -0.2) is 4.79 Å². The van der Waals surface area contributed by atoms with Gasteiger partial charge in [-0.2, -0.15) is 0 Å². The summed E-state index contributed by atoms with van der Waals surface area (Å²) >= 11 is 0. The normalized spacial score (nSPS) is 11.6. The summed E-state index contributed by atoms with van der Waals surface area (Å²) in [7, 11) is 1.69. The molecule has 0 unspecified atom stereocenters. The van der Waals surface area contributed by atoms with Gasteiger partial charge in [0.2, 0.25) is 0 Å². The quantitative estimate of drug-likeness (QED) is 0.242. The second kappa shape index (κ2) is 8.80. The molecule has 4 N–H and O–H groups in total. The van der Waals surface area contributed by atoms with E-state index in [1.165, 1.54) is 6.21 Å². The number of benzene rings is 3. The predicted octanol–water partition coefficient (Wildman–Crippen LogP) is 5.81. The van der Waals surface area contributed by atoms with Crippen LogP contribution in [0.15, 0.2) is 60.7 Å². The van der Waals surface area contributed by atoms with Crippen LogP contribution in [0.4, 0.5) is 5.69 Å². The number of carboxylic acid groups (broad SMARTS) is 1. The number of fused-ring (bicyclic) bond motifs is 1. The Labute approximate surface area is 199 Å². The van der Waals surface area contributed by atoms with Crippen LogP contribution < -0.4 is 5.73 Å². The number of nitrogens with two attached hydrogens (primary N) is 1. The zero-order valence-electron chi connectivity index (χ0n) is 19.8. The molecule has 4 rings (SSSR count). The average molecular weight is 456 g/mol. The Hall–Kier alpha value is -3.90. The Balaban J connectivity index is 2.18. The standard InChI is InChI=1S/C28H29N3O3/c1-17-5-11-21(12-6-17)31-24-13-20(15-29)23(30)14-22(24)25(26(31)28(2,3)16-34-4)18-7-9-19(10-8-18)27(32)33/h5-15,29H,16,30H2,1-4H3,(H,32,33). The number of hydrogen-bond donors (Lipinski definition) is 3. The molecule has 0 amide bonds. The van der Waals surface area contributed by atoms with E-state index in [4.69, 9.17) is 15.9 Å². The molecule has 0 spiro atoms. The molecule has 6 nitrogen and oxygen atoms in total. The van der Waals surface area contributed by atoms with E-state index in [1.54, 1.807) is 19.2 Å². The van der Waals surface area contributed by atoms with Crippen molar-refractivity contribution in [3.63, 3.8) is 0 Å². The first-order chi connectivity index (χ1) is 16.2. The molecular formula is C28H29N3O3. The van der Waals surface area contributed by atoms with Crippen molar-refractivity contribution in [1.82, 2.24) is 4.57 Å². The highest BCUT2D eigenvalue weighted by atomic mass is 16.5. The van der Waals surface area contributed by atoms with Crippen LogP contribution in [-0.4, -0.2) is 35.6 Å². The lowest BCUT2D eigenvalue weighted by molar-refractivity contribution is 0.0697. The number of anilines is 1. The van der Waals surface area contributed by atoms with Gasteiger partial charge in [-0.1, -0.05) is 43.7 Å². The van der Waals surface area contributed by atoms with Crippen molar-refractivity contribution >= 4 is 28.8 Å². The summed E-state index contributed by atoms with van der Waals surface area (Å²) in [6, 6.07) is 19.1. The van der Waals surface area contributed by atoms with E-state index >= 15 is 0 Å². The molecule has 0 aliphatic rings. The van der Waals surface area contributed by atoms with Crippen LogP contribution >= 0.6 is 0 Å². The second-order valence-electron chi connectivity index (χ2n) is 9.24. The maximum atomic E-state index is 11.4. The van der Waals surface area contributed by atoms with Crippen LogP contribution in [0.3, 0.4) is 0 Å². The molecule has 0 fully saturated rings. The number of methoxy groups -OCH3 is 1. The van der Waals surface area contributed by atoms with Crippen LogP contribution in [-0.2, 0) is 10.2 Å². The summed E-state index contributed by atoms with van der Waals surface area (Å²) in [5.74, 6) is -0.964. The number of aryl methyl sites for hydroxylation is 1. The third-order valence-electron chi connectivity index (χ3n) is 6.19. The number of aromatic carboxylic acids is 1. The lowest BCUT2D eigenvalue weighted by atomic mass is 9.84. The first-order valence-electron chi connectivity index (χ1n) is 11.1. The lowest BCUT2D eigenvalue weighted by Crippen LogP contribution is -2.27. The van der Waals surface area contributed by atoms with Crippen LogP contribution in [0.5, 0.6) is 0 Å². The van der Waals surface area contributed by atoms with Crippen molar-refractivity contribution in [2.24, 2.45) is 0 Å². The number of carboxylic acids is 1. The first kappa shape index (κ1) is 23.3. The summed E-state index contributed by atoms with van der Waals surface area (Å²) in [5.41, 5.74) is 13.3. The topological polar surface area (TPSA) is 101 Å². The summed E-state index contributed by atoms with van der Waals surface area (Å²) < 4.78 is 7.83.